The number of hydrazine groups is 1. The van der Waals surface area contributed by atoms with E-state index in [1.54, 1.807) is 10.7 Å². The van der Waals surface area contributed by atoms with E-state index >= 15 is 0 Å². The van der Waals surface area contributed by atoms with Crippen molar-refractivity contribution in [2.75, 3.05) is 10.7 Å². The number of hydrogen-bond acceptors (Lipinski definition) is 6. The quantitative estimate of drug-likeness (QED) is 0.572. The maximum atomic E-state index is 5.43. The predicted octanol–water partition coefficient (Wildman–Crippen LogP) is 1.67. The largest absolute Gasteiger partial charge is 0.337 e. The second kappa shape index (κ2) is 5.23. The van der Waals surface area contributed by atoms with E-state index in [1.807, 2.05) is 34.0 Å². The van der Waals surface area contributed by atoms with Crippen LogP contribution in [0.4, 0.5) is 17.3 Å². The van der Waals surface area contributed by atoms with Crippen LogP contribution < -0.4 is 16.6 Å². The Hall–Kier alpha value is -2.15. The number of aromatic nitrogens is 4. The molecule has 0 unspecified atom stereocenters. The molecule has 0 atom stereocenters. The molecule has 0 saturated carbocycles. The zero-order valence-electron chi connectivity index (χ0n) is 11.6. The standard InChI is InChI=1S/C12H19N7/c1-7(2)12-15-10(5-11(16-12)17-13)14-9-6-19(4)18-8(9)3/h5-7H,13H2,1-4H3,(H2,14,15,16,17). The van der Waals surface area contributed by atoms with E-state index < -0.39 is 0 Å². The Morgan fingerprint density at radius 3 is 2.47 bits per heavy atom. The van der Waals surface area contributed by atoms with Gasteiger partial charge in [-0.15, -0.1) is 0 Å². The summed E-state index contributed by atoms with van der Waals surface area (Å²) in [5.41, 5.74) is 4.38. The van der Waals surface area contributed by atoms with Crippen molar-refractivity contribution in [2.45, 2.75) is 26.7 Å². The summed E-state index contributed by atoms with van der Waals surface area (Å²) in [7, 11) is 1.88. The third-order valence-electron chi connectivity index (χ3n) is 2.68. The molecule has 0 fully saturated rings. The van der Waals surface area contributed by atoms with Crippen molar-refractivity contribution in [3.63, 3.8) is 0 Å². The van der Waals surface area contributed by atoms with Crippen molar-refractivity contribution in [1.82, 2.24) is 19.7 Å². The number of anilines is 3. The van der Waals surface area contributed by atoms with Gasteiger partial charge in [0.25, 0.3) is 0 Å². The van der Waals surface area contributed by atoms with Crippen molar-refractivity contribution < 1.29 is 0 Å². The Morgan fingerprint density at radius 1 is 1.26 bits per heavy atom. The van der Waals surface area contributed by atoms with Crippen molar-refractivity contribution in [1.29, 1.82) is 0 Å². The Balaban J connectivity index is 2.34. The van der Waals surface area contributed by atoms with Gasteiger partial charge in [-0.2, -0.15) is 5.10 Å². The molecule has 0 aliphatic heterocycles. The number of nitrogen functional groups attached to an aromatic ring is 1. The van der Waals surface area contributed by atoms with Crippen LogP contribution in [-0.2, 0) is 7.05 Å². The molecule has 0 spiro atoms. The van der Waals surface area contributed by atoms with Gasteiger partial charge in [-0.1, -0.05) is 13.8 Å². The van der Waals surface area contributed by atoms with Gasteiger partial charge in [0, 0.05) is 25.2 Å². The highest BCUT2D eigenvalue weighted by Gasteiger charge is 2.09. The third kappa shape index (κ3) is 3.00. The van der Waals surface area contributed by atoms with E-state index in [-0.39, 0.29) is 5.92 Å². The predicted molar refractivity (Wildman–Crippen MR) is 75.2 cm³/mol. The summed E-state index contributed by atoms with van der Waals surface area (Å²) < 4.78 is 1.75. The van der Waals surface area contributed by atoms with E-state index in [9.17, 15) is 0 Å². The molecule has 0 bridgehead atoms. The summed E-state index contributed by atoms with van der Waals surface area (Å²) in [6.07, 6.45) is 1.90. The van der Waals surface area contributed by atoms with E-state index in [2.05, 4.69) is 25.8 Å². The molecule has 4 N–H and O–H groups in total. The maximum Gasteiger partial charge on any atom is 0.145 e. The first-order valence-corrected chi connectivity index (χ1v) is 6.12. The zero-order valence-corrected chi connectivity index (χ0v) is 11.6. The van der Waals surface area contributed by atoms with Crippen LogP contribution in [0.15, 0.2) is 12.3 Å². The summed E-state index contributed by atoms with van der Waals surface area (Å²) in [6, 6.07) is 1.76. The average molecular weight is 261 g/mol. The molecule has 0 aromatic carbocycles. The first-order chi connectivity index (χ1) is 8.99. The van der Waals surface area contributed by atoms with E-state index in [0.717, 1.165) is 17.2 Å². The lowest BCUT2D eigenvalue weighted by Crippen LogP contribution is -2.12. The SMILES string of the molecule is Cc1nn(C)cc1Nc1cc(NN)nc(C(C)C)n1. The second-order valence-electron chi connectivity index (χ2n) is 4.72. The van der Waals surface area contributed by atoms with Gasteiger partial charge in [0.15, 0.2) is 0 Å². The molecule has 102 valence electrons. The third-order valence-corrected chi connectivity index (χ3v) is 2.68. The van der Waals surface area contributed by atoms with E-state index in [4.69, 9.17) is 5.84 Å². The molecule has 2 rings (SSSR count). The van der Waals surface area contributed by atoms with Gasteiger partial charge in [-0.05, 0) is 6.92 Å². The molecular weight excluding hydrogens is 242 g/mol. The smallest absolute Gasteiger partial charge is 0.145 e. The minimum atomic E-state index is 0.226. The molecular formula is C12H19N7. The lowest BCUT2D eigenvalue weighted by atomic mass is 10.2. The molecule has 2 aromatic heterocycles. The van der Waals surface area contributed by atoms with Gasteiger partial charge < -0.3 is 10.7 Å². The van der Waals surface area contributed by atoms with Gasteiger partial charge in [-0.25, -0.2) is 15.8 Å². The highest BCUT2D eigenvalue weighted by molar-refractivity contribution is 5.60. The number of hydrogen-bond donors (Lipinski definition) is 3. The van der Waals surface area contributed by atoms with Crippen molar-refractivity contribution >= 4 is 17.3 Å². The minimum Gasteiger partial charge on any atom is -0.337 e. The first-order valence-electron chi connectivity index (χ1n) is 6.12. The number of nitrogens with zero attached hydrogens (tertiary/aromatic N) is 4. The second-order valence-corrected chi connectivity index (χ2v) is 4.72. The number of rotatable bonds is 4. The summed E-state index contributed by atoms with van der Waals surface area (Å²) >= 11 is 0. The fourth-order valence-electron chi connectivity index (χ4n) is 1.72. The van der Waals surface area contributed by atoms with Crippen LogP contribution in [0.25, 0.3) is 0 Å². The maximum absolute atomic E-state index is 5.43. The monoisotopic (exact) mass is 261 g/mol. The molecule has 7 heteroatoms. The van der Waals surface area contributed by atoms with Crippen molar-refractivity contribution in [3.05, 3.63) is 23.8 Å². The van der Waals surface area contributed by atoms with Crippen LogP contribution in [0.2, 0.25) is 0 Å². The molecule has 0 radical (unpaired) electrons. The van der Waals surface area contributed by atoms with Gasteiger partial charge in [0.05, 0.1) is 11.4 Å². The number of nitrogens with two attached hydrogens (primary N) is 1. The van der Waals surface area contributed by atoms with Crippen LogP contribution in [0, 0.1) is 6.92 Å². The molecule has 2 aromatic rings. The van der Waals surface area contributed by atoms with E-state index in [0.29, 0.717) is 11.6 Å². The molecule has 0 aliphatic rings. The van der Waals surface area contributed by atoms with Crippen molar-refractivity contribution in [3.8, 4) is 0 Å². The normalized spacial score (nSPS) is 10.8. The first kappa shape index (κ1) is 13.3. The molecule has 0 saturated heterocycles. The molecule has 2 heterocycles. The topological polar surface area (TPSA) is 93.7 Å². The molecule has 0 amide bonds. The van der Waals surface area contributed by atoms with Gasteiger partial charge >= 0.3 is 0 Å². The number of aryl methyl sites for hydroxylation is 2. The van der Waals surface area contributed by atoms with Gasteiger partial charge in [-0.3, -0.25) is 4.68 Å². The highest BCUT2D eigenvalue weighted by atomic mass is 15.3. The average Bonchev–Trinajstić information content (AvgIpc) is 2.67. The van der Waals surface area contributed by atoms with Gasteiger partial charge in [0.1, 0.15) is 17.5 Å². The van der Waals surface area contributed by atoms with Crippen LogP contribution in [0.1, 0.15) is 31.3 Å². The van der Waals surface area contributed by atoms with Crippen LogP contribution in [0.3, 0.4) is 0 Å². The van der Waals surface area contributed by atoms with E-state index in [1.165, 1.54) is 0 Å². The molecule has 7 nitrogen and oxygen atoms in total. The Bertz CT molecular complexity index is 573. The van der Waals surface area contributed by atoms with Crippen molar-refractivity contribution in [2.24, 2.45) is 12.9 Å². The summed E-state index contributed by atoms with van der Waals surface area (Å²) in [6.45, 7) is 6.01. The Kier molecular flexibility index (Phi) is 3.66. The number of nitrogens with one attached hydrogen (secondary N) is 2. The summed E-state index contributed by atoms with van der Waals surface area (Å²) in [5.74, 6) is 7.67. The summed E-state index contributed by atoms with van der Waals surface area (Å²) in [5, 5.41) is 7.51. The Morgan fingerprint density at radius 2 is 1.95 bits per heavy atom. The van der Waals surface area contributed by atoms with Crippen LogP contribution in [-0.4, -0.2) is 19.7 Å². The minimum absolute atomic E-state index is 0.226. The Labute approximate surface area is 112 Å². The molecule has 0 aliphatic carbocycles. The van der Waals surface area contributed by atoms with Crippen LogP contribution >= 0.6 is 0 Å². The fourth-order valence-corrected chi connectivity index (χ4v) is 1.72. The lowest BCUT2D eigenvalue weighted by Gasteiger charge is -2.10. The fraction of sp³-hybridized carbons (Fsp3) is 0.417. The summed E-state index contributed by atoms with van der Waals surface area (Å²) in [4.78, 5) is 8.78. The highest BCUT2D eigenvalue weighted by Crippen LogP contribution is 2.21. The molecule has 19 heavy (non-hydrogen) atoms. The van der Waals surface area contributed by atoms with Gasteiger partial charge in [0.2, 0.25) is 0 Å². The lowest BCUT2D eigenvalue weighted by molar-refractivity contribution is 0.756. The zero-order chi connectivity index (χ0) is 14.0. The van der Waals surface area contributed by atoms with Crippen LogP contribution in [0.5, 0.6) is 0 Å².